The van der Waals surface area contributed by atoms with Crippen LogP contribution in [0.5, 0.6) is 5.75 Å². The Balaban J connectivity index is 0.00000312. The molecule has 1 saturated carbocycles. The normalized spacial score (nSPS) is 20.5. The summed E-state index contributed by atoms with van der Waals surface area (Å²) < 4.78 is 18.4. The third kappa shape index (κ3) is 8.71. The number of aliphatic hydroxyl groups excluding tert-OH is 1. The molecule has 142 valence electrons. The molecule has 25 heavy (non-hydrogen) atoms. The number of aliphatic imine (C=N–C) groups is 1. The first-order valence-corrected chi connectivity index (χ1v) is 8.78. The van der Waals surface area contributed by atoms with Gasteiger partial charge in [0.15, 0.2) is 5.96 Å². The largest absolute Gasteiger partial charge is 0.494 e. The molecular weight excluding hydrogens is 436 g/mol. The average molecular weight is 465 g/mol. The number of rotatable bonds is 7. The molecule has 1 aliphatic carbocycles. The van der Waals surface area contributed by atoms with Crippen LogP contribution in [-0.2, 0) is 0 Å². The highest BCUT2D eigenvalue weighted by Gasteiger charge is 2.19. The number of ether oxygens (including phenoxy) is 1. The van der Waals surface area contributed by atoms with Gasteiger partial charge in [-0.3, -0.25) is 4.99 Å². The highest BCUT2D eigenvalue weighted by Crippen LogP contribution is 2.18. The Bertz CT molecular complexity index is 506. The first-order valence-electron chi connectivity index (χ1n) is 8.78. The van der Waals surface area contributed by atoms with Crippen molar-refractivity contribution < 1.29 is 14.2 Å². The number of nitrogens with one attached hydrogen (secondary N) is 2. The molecule has 0 aliphatic heterocycles. The third-order valence-corrected chi connectivity index (χ3v) is 4.04. The van der Waals surface area contributed by atoms with E-state index < -0.39 is 0 Å². The second-order valence-electron chi connectivity index (χ2n) is 6.07. The number of benzene rings is 1. The minimum absolute atomic E-state index is 0. The SMILES string of the molecule is CCNC(=NCCCOc1ccc(F)cc1)NC1CCC(O)CC1.I. The fraction of sp³-hybridized carbons (Fsp3) is 0.611. The van der Waals surface area contributed by atoms with Gasteiger partial charge in [-0.2, -0.15) is 0 Å². The fourth-order valence-corrected chi connectivity index (χ4v) is 2.71. The Hall–Kier alpha value is -1.09. The second-order valence-corrected chi connectivity index (χ2v) is 6.07. The smallest absolute Gasteiger partial charge is 0.191 e. The van der Waals surface area contributed by atoms with Crippen LogP contribution < -0.4 is 15.4 Å². The van der Waals surface area contributed by atoms with Gasteiger partial charge < -0.3 is 20.5 Å². The van der Waals surface area contributed by atoms with Crippen molar-refractivity contribution in [2.75, 3.05) is 19.7 Å². The molecule has 1 fully saturated rings. The van der Waals surface area contributed by atoms with Crippen molar-refractivity contribution in [3.63, 3.8) is 0 Å². The Morgan fingerprint density at radius 1 is 1.24 bits per heavy atom. The van der Waals surface area contributed by atoms with E-state index in [0.717, 1.165) is 44.6 Å². The summed E-state index contributed by atoms with van der Waals surface area (Å²) in [4.78, 5) is 4.56. The zero-order valence-electron chi connectivity index (χ0n) is 14.7. The Morgan fingerprint density at radius 3 is 2.56 bits per heavy atom. The maximum atomic E-state index is 12.8. The molecule has 0 aromatic heterocycles. The van der Waals surface area contributed by atoms with E-state index in [1.807, 2.05) is 6.92 Å². The maximum absolute atomic E-state index is 12.8. The van der Waals surface area contributed by atoms with Gasteiger partial charge in [0.25, 0.3) is 0 Å². The lowest BCUT2D eigenvalue weighted by atomic mass is 9.93. The molecular formula is C18H29FIN3O2. The molecule has 5 nitrogen and oxygen atoms in total. The van der Waals surface area contributed by atoms with Crippen LogP contribution in [0.3, 0.4) is 0 Å². The zero-order valence-corrected chi connectivity index (χ0v) is 17.0. The van der Waals surface area contributed by atoms with Crippen molar-refractivity contribution in [3.8, 4) is 5.75 Å². The van der Waals surface area contributed by atoms with Crippen LogP contribution in [0, 0.1) is 5.82 Å². The van der Waals surface area contributed by atoms with Crippen molar-refractivity contribution in [2.45, 2.75) is 51.2 Å². The lowest BCUT2D eigenvalue weighted by Gasteiger charge is -2.27. The minimum Gasteiger partial charge on any atom is -0.494 e. The highest BCUT2D eigenvalue weighted by atomic mass is 127. The van der Waals surface area contributed by atoms with E-state index in [1.165, 1.54) is 12.1 Å². The summed E-state index contributed by atoms with van der Waals surface area (Å²) >= 11 is 0. The van der Waals surface area contributed by atoms with Gasteiger partial charge in [-0.1, -0.05) is 0 Å². The number of hydrogen-bond donors (Lipinski definition) is 3. The van der Waals surface area contributed by atoms with Crippen LogP contribution in [0.25, 0.3) is 0 Å². The quantitative estimate of drug-likeness (QED) is 0.251. The topological polar surface area (TPSA) is 65.9 Å². The molecule has 0 unspecified atom stereocenters. The molecule has 1 aromatic rings. The van der Waals surface area contributed by atoms with Gasteiger partial charge in [0.2, 0.25) is 0 Å². The Kier molecular flexibility index (Phi) is 10.8. The van der Waals surface area contributed by atoms with E-state index in [1.54, 1.807) is 12.1 Å². The van der Waals surface area contributed by atoms with Gasteiger partial charge in [-0.15, -0.1) is 24.0 Å². The van der Waals surface area contributed by atoms with Crippen molar-refractivity contribution in [1.82, 2.24) is 10.6 Å². The highest BCUT2D eigenvalue weighted by molar-refractivity contribution is 14.0. The van der Waals surface area contributed by atoms with Gasteiger partial charge in [-0.05, 0) is 56.9 Å². The van der Waals surface area contributed by atoms with E-state index in [-0.39, 0.29) is 35.9 Å². The van der Waals surface area contributed by atoms with Crippen LogP contribution in [0.15, 0.2) is 29.3 Å². The van der Waals surface area contributed by atoms with E-state index in [0.29, 0.717) is 24.9 Å². The summed E-state index contributed by atoms with van der Waals surface area (Å²) in [6, 6.07) is 6.41. The second kappa shape index (κ2) is 12.3. The summed E-state index contributed by atoms with van der Waals surface area (Å²) in [7, 11) is 0. The molecule has 0 atom stereocenters. The summed E-state index contributed by atoms with van der Waals surface area (Å²) in [5.74, 6) is 1.23. The van der Waals surface area contributed by atoms with Crippen molar-refractivity contribution in [2.24, 2.45) is 4.99 Å². The molecule has 0 heterocycles. The van der Waals surface area contributed by atoms with Gasteiger partial charge in [0.05, 0.1) is 12.7 Å². The minimum atomic E-state index is -0.261. The summed E-state index contributed by atoms with van der Waals surface area (Å²) in [5, 5.41) is 16.3. The molecule has 2 rings (SSSR count). The molecule has 0 bridgehead atoms. The number of nitrogens with zero attached hydrogens (tertiary/aromatic N) is 1. The van der Waals surface area contributed by atoms with Gasteiger partial charge in [-0.25, -0.2) is 4.39 Å². The van der Waals surface area contributed by atoms with E-state index in [9.17, 15) is 9.50 Å². The van der Waals surface area contributed by atoms with Crippen LogP contribution in [0.1, 0.15) is 39.0 Å². The third-order valence-electron chi connectivity index (χ3n) is 4.04. The van der Waals surface area contributed by atoms with Crippen LogP contribution >= 0.6 is 24.0 Å². The number of guanidine groups is 1. The molecule has 0 spiro atoms. The lowest BCUT2D eigenvalue weighted by molar-refractivity contribution is 0.120. The van der Waals surface area contributed by atoms with Gasteiger partial charge in [0.1, 0.15) is 11.6 Å². The molecule has 3 N–H and O–H groups in total. The number of hydrogen-bond acceptors (Lipinski definition) is 3. The molecule has 0 saturated heterocycles. The van der Waals surface area contributed by atoms with Crippen molar-refractivity contribution in [1.29, 1.82) is 0 Å². The van der Waals surface area contributed by atoms with E-state index >= 15 is 0 Å². The van der Waals surface area contributed by atoms with E-state index in [2.05, 4.69) is 15.6 Å². The summed E-state index contributed by atoms with van der Waals surface area (Å²) in [6.45, 7) is 4.06. The lowest BCUT2D eigenvalue weighted by Crippen LogP contribution is -2.45. The van der Waals surface area contributed by atoms with Crippen LogP contribution in [0.4, 0.5) is 4.39 Å². The summed E-state index contributed by atoms with van der Waals surface area (Å²) in [5.41, 5.74) is 0. The molecule has 7 heteroatoms. The van der Waals surface area contributed by atoms with E-state index in [4.69, 9.17) is 4.74 Å². The van der Waals surface area contributed by atoms with Gasteiger partial charge >= 0.3 is 0 Å². The fourth-order valence-electron chi connectivity index (χ4n) is 2.71. The predicted octanol–water partition coefficient (Wildman–Crippen LogP) is 3.07. The standard InChI is InChI=1S/C18H28FN3O2.HI/c1-2-20-18(22-15-6-8-16(23)9-7-15)21-12-3-13-24-17-10-4-14(19)5-11-17;/h4-5,10-11,15-16,23H,2-3,6-9,12-13H2,1H3,(H2,20,21,22);1H. The molecule has 0 amide bonds. The number of halogens is 2. The molecule has 1 aliphatic rings. The first-order chi connectivity index (χ1) is 11.7. The first kappa shape index (κ1) is 22.0. The average Bonchev–Trinajstić information content (AvgIpc) is 2.58. The van der Waals surface area contributed by atoms with Crippen molar-refractivity contribution >= 4 is 29.9 Å². The maximum Gasteiger partial charge on any atom is 0.191 e. The predicted molar refractivity (Wildman–Crippen MR) is 109 cm³/mol. The van der Waals surface area contributed by atoms with Gasteiger partial charge in [0, 0.05) is 25.6 Å². The monoisotopic (exact) mass is 465 g/mol. The zero-order chi connectivity index (χ0) is 17.2. The Morgan fingerprint density at radius 2 is 1.92 bits per heavy atom. The van der Waals surface area contributed by atoms with Crippen molar-refractivity contribution in [3.05, 3.63) is 30.1 Å². The summed E-state index contributed by atoms with van der Waals surface area (Å²) in [6.07, 6.45) is 4.28. The number of aliphatic hydroxyl groups is 1. The van der Waals surface area contributed by atoms with Crippen LogP contribution in [0.2, 0.25) is 0 Å². The van der Waals surface area contributed by atoms with Crippen LogP contribution in [-0.4, -0.2) is 42.9 Å². The Labute approximate surface area is 166 Å². The molecule has 0 radical (unpaired) electrons. The molecule has 1 aromatic carbocycles.